The zero-order valence-corrected chi connectivity index (χ0v) is 11.2. The molecule has 1 aromatic rings. The van der Waals surface area contributed by atoms with Crippen LogP contribution in [0, 0.1) is 6.92 Å². The molecule has 0 aromatic carbocycles. The highest BCUT2D eigenvalue weighted by molar-refractivity contribution is 5.42. The fourth-order valence-electron chi connectivity index (χ4n) is 2.02. The van der Waals surface area contributed by atoms with Crippen LogP contribution < -0.4 is 10.6 Å². The first kappa shape index (κ1) is 13.1. The van der Waals surface area contributed by atoms with Crippen LogP contribution in [0.15, 0.2) is 6.07 Å². The molecule has 0 spiro atoms. The predicted octanol–water partition coefficient (Wildman–Crippen LogP) is 2.20. The minimum atomic E-state index is 0.368. The second kappa shape index (κ2) is 6.54. The van der Waals surface area contributed by atoms with Crippen LogP contribution in [-0.4, -0.2) is 35.8 Å². The van der Waals surface area contributed by atoms with Gasteiger partial charge < -0.3 is 15.4 Å². The van der Waals surface area contributed by atoms with Gasteiger partial charge in [0.15, 0.2) is 0 Å². The lowest BCUT2D eigenvalue weighted by atomic mass is 10.1. The lowest BCUT2D eigenvalue weighted by Gasteiger charge is -2.23. The average molecular weight is 250 g/mol. The zero-order valence-electron chi connectivity index (χ0n) is 11.2. The molecule has 18 heavy (non-hydrogen) atoms. The average Bonchev–Trinajstić information content (AvgIpc) is 2.37. The summed E-state index contributed by atoms with van der Waals surface area (Å²) in [5.41, 5.74) is 0.975. The van der Waals surface area contributed by atoms with E-state index in [1.807, 2.05) is 13.0 Å². The van der Waals surface area contributed by atoms with Crippen LogP contribution in [0.1, 0.15) is 31.9 Å². The lowest BCUT2D eigenvalue weighted by Crippen LogP contribution is -2.30. The summed E-state index contributed by atoms with van der Waals surface area (Å²) in [4.78, 5) is 8.85. The molecule has 1 atom stereocenters. The number of aryl methyl sites for hydroxylation is 1. The molecular formula is C13H22N4O. The van der Waals surface area contributed by atoms with Gasteiger partial charge in [-0.25, -0.2) is 4.98 Å². The van der Waals surface area contributed by atoms with Crippen molar-refractivity contribution < 1.29 is 4.74 Å². The molecule has 100 valence electrons. The van der Waals surface area contributed by atoms with Gasteiger partial charge in [-0.3, -0.25) is 0 Å². The van der Waals surface area contributed by atoms with Crippen LogP contribution in [-0.2, 0) is 4.74 Å². The Morgan fingerprint density at radius 2 is 2.33 bits per heavy atom. The van der Waals surface area contributed by atoms with Crippen molar-refractivity contribution in [2.24, 2.45) is 0 Å². The normalized spacial score (nSPS) is 19.6. The minimum absolute atomic E-state index is 0.368. The minimum Gasteiger partial charge on any atom is -0.379 e. The topological polar surface area (TPSA) is 59.1 Å². The number of anilines is 2. The zero-order chi connectivity index (χ0) is 12.8. The third kappa shape index (κ3) is 3.84. The van der Waals surface area contributed by atoms with Crippen molar-refractivity contribution in [3.8, 4) is 0 Å². The summed E-state index contributed by atoms with van der Waals surface area (Å²) in [6, 6.07) is 2.35. The van der Waals surface area contributed by atoms with Gasteiger partial charge in [-0.2, -0.15) is 4.98 Å². The molecule has 0 aliphatic carbocycles. The highest BCUT2D eigenvalue weighted by atomic mass is 16.5. The SMILES string of the molecule is CCCNc1nc(C)cc(NC2CCCOC2)n1. The summed E-state index contributed by atoms with van der Waals surface area (Å²) in [6.07, 6.45) is 3.32. The molecule has 1 aliphatic heterocycles. The van der Waals surface area contributed by atoms with E-state index in [1.165, 1.54) is 0 Å². The maximum atomic E-state index is 5.46. The molecule has 5 nitrogen and oxygen atoms in total. The number of hydrogen-bond donors (Lipinski definition) is 2. The number of rotatable bonds is 5. The first-order valence-corrected chi connectivity index (χ1v) is 6.71. The van der Waals surface area contributed by atoms with Crippen LogP contribution in [0.3, 0.4) is 0 Å². The first-order chi connectivity index (χ1) is 8.78. The molecule has 1 fully saturated rings. The van der Waals surface area contributed by atoms with E-state index in [1.54, 1.807) is 0 Å². The maximum absolute atomic E-state index is 5.46. The van der Waals surface area contributed by atoms with E-state index in [0.717, 1.165) is 50.5 Å². The fraction of sp³-hybridized carbons (Fsp3) is 0.692. The Balaban J connectivity index is 1.99. The Labute approximate surface area is 108 Å². The largest absolute Gasteiger partial charge is 0.379 e. The number of nitrogens with zero attached hydrogens (tertiary/aromatic N) is 2. The third-order valence-corrected chi connectivity index (χ3v) is 2.90. The molecule has 2 rings (SSSR count). The fourth-order valence-corrected chi connectivity index (χ4v) is 2.02. The maximum Gasteiger partial charge on any atom is 0.224 e. The number of nitrogens with one attached hydrogen (secondary N) is 2. The van der Waals surface area contributed by atoms with E-state index in [2.05, 4.69) is 27.5 Å². The van der Waals surface area contributed by atoms with Gasteiger partial charge in [0.1, 0.15) is 5.82 Å². The van der Waals surface area contributed by atoms with Crippen LogP contribution >= 0.6 is 0 Å². The summed E-state index contributed by atoms with van der Waals surface area (Å²) < 4.78 is 5.46. The molecule has 5 heteroatoms. The molecule has 1 aliphatic rings. The van der Waals surface area contributed by atoms with E-state index in [0.29, 0.717) is 12.0 Å². The van der Waals surface area contributed by atoms with Gasteiger partial charge in [0, 0.05) is 24.9 Å². The van der Waals surface area contributed by atoms with E-state index in [-0.39, 0.29) is 0 Å². The summed E-state index contributed by atoms with van der Waals surface area (Å²) in [6.45, 7) is 6.66. The van der Waals surface area contributed by atoms with Crippen molar-refractivity contribution in [1.29, 1.82) is 0 Å². The Morgan fingerprint density at radius 3 is 3.06 bits per heavy atom. The van der Waals surface area contributed by atoms with E-state index in [4.69, 9.17) is 4.74 Å². The molecule has 0 amide bonds. The summed E-state index contributed by atoms with van der Waals surface area (Å²) >= 11 is 0. The Kier molecular flexibility index (Phi) is 4.75. The molecule has 0 radical (unpaired) electrons. The molecule has 1 unspecified atom stereocenters. The smallest absolute Gasteiger partial charge is 0.224 e. The standard InChI is InChI=1S/C13H22N4O/c1-3-6-14-13-15-10(2)8-12(17-13)16-11-5-4-7-18-9-11/h8,11H,3-7,9H2,1-2H3,(H2,14,15,16,17). The molecule has 1 saturated heterocycles. The van der Waals surface area contributed by atoms with E-state index in [9.17, 15) is 0 Å². The Bertz CT molecular complexity index is 377. The molecule has 2 N–H and O–H groups in total. The van der Waals surface area contributed by atoms with Crippen molar-refractivity contribution in [2.45, 2.75) is 39.2 Å². The van der Waals surface area contributed by atoms with Gasteiger partial charge in [-0.1, -0.05) is 6.92 Å². The van der Waals surface area contributed by atoms with Crippen molar-refractivity contribution in [3.63, 3.8) is 0 Å². The third-order valence-electron chi connectivity index (χ3n) is 2.90. The van der Waals surface area contributed by atoms with Crippen LogP contribution in [0.5, 0.6) is 0 Å². The summed E-state index contributed by atoms with van der Waals surface area (Å²) in [7, 11) is 0. The van der Waals surface area contributed by atoms with Gasteiger partial charge in [0.25, 0.3) is 0 Å². The molecule has 0 bridgehead atoms. The van der Waals surface area contributed by atoms with Gasteiger partial charge >= 0.3 is 0 Å². The highest BCUT2D eigenvalue weighted by Crippen LogP contribution is 2.15. The van der Waals surface area contributed by atoms with Crippen LogP contribution in [0.2, 0.25) is 0 Å². The van der Waals surface area contributed by atoms with Crippen molar-refractivity contribution in [1.82, 2.24) is 9.97 Å². The van der Waals surface area contributed by atoms with Gasteiger partial charge in [-0.15, -0.1) is 0 Å². The Hall–Kier alpha value is -1.36. The molecule has 2 heterocycles. The quantitative estimate of drug-likeness (QED) is 0.839. The summed E-state index contributed by atoms with van der Waals surface area (Å²) in [5.74, 6) is 1.59. The van der Waals surface area contributed by atoms with Crippen molar-refractivity contribution in [2.75, 3.05) is 30.4 Å². The second-order valence-electron chi connectivity index (χ2n) is 4.70. The van der Waals surface area contributed by atoms with Crippen LogP contribution in [0.25, 0.3) is 0 Å². The summed E-state index contributed by atoms with van der Waals surface area (Å²) in [5, 5.41) is 6.64. The second-order valence-corrected chi connectivity index (χ2v) is 4.70. The van der Waals surface area contributed by atoms with Gasteiger partial charge in [-0.05, 0) is 26.2 Å². The highest BCUT2D eigenvalue weighted by Gasteiger charge is 2.14. The van der Waals surface area contributed by atoms with E-state index >= 15 is 0 Å². The van der Waals surface area contributed by atoms with Gasteiger partial charge in [0.2, 0.25) is 5.95 Å². The van der Waals surface area contributed by atoms with Crippen LogP contribution in [0.4, 0.5) is 11.8 Å². The first-order valence-electron chi connectivity index (χ1n) is 6.71. The predicted molar refractivity (Wildman–Crippen MR) is 73.0 cm³/mol. The molecular weight excluding hydrogens is 228 g/mol. The van der Waals surface area contributed by atoms with E-state index < -0.39 is 0 Å². The monoisotopic (exact) mass is 250 g/mol. The number of aromatic nitrogens is 2. The Morgan fingerprint density at radius 1 is 1.44 bits per heavy atom. The molecule has 1 aromatic heterocycles. The van der Waals surface area contributed by atoms with Crippen molar-refractivity contribution in [3.05, 3.63) is 11.8 Å². The van der Waals surface area contributed by atoms with Gasteiger partial charge in [0.05, 0.1) is 12.6 Å². The molecule has 0 saturated carbocycles. The number of ether oxygens (including phenoxy) is 1. The lowest BCUT2D eigenvalue weighted by molar-refractivity contribution is 0.0875. The van der Waals surface area contributed by atoms with Crippen molar-refractivity contribution >= 4 is 11.8 Å². The number of hydrogen-bond acceptors (Lipinski definition) is 5.